The van der Waals surface area contributed by atoms with Crippen LogP contribution in [0.3, 0.4) is 0 Å². The standard InChI is InChI=1S/C16H19N3O/c1-19(2)15(20)12-18-16(13-6-4-3-5-7-13)14-8-10-17-11-9-14/h3-11,16,18H,12H2,1-2H3. The van der Waals surface area contributed by atoms with Gasteiger partial charge in [-0.1, -0.05) is 30.3 Å². The number of rotatable bonds is 5. The molecule has 0 aliphatic rings. The molecule has 4 nitrogen and oxygen atoms in total. The number of nitrogens with one attached hydrogen (secondary N) is 1. The van der Waals surface area contributed by atoms with Crippen molar-refractivity contribution in [3.63, 3.8) is 0 Å². The fourth-order valence-electron chi connectivity index (χ4n) is 1.98. The molecule has 2 aromatic rings. The second kappa shape index (κ2) is 6.82. The van der Waals surface area contributed by atoms with Gasteiger partial charge >= 0.3 is 0 Å². The zero-order valence-corrected chi connectivity index (χ0v) is 11.8. The van der Waals surface area contributed by atoms with Crippen LogP contribution in [0.1, 0.15) is 17.2 Å². The molecule has 1 aromatic heterocycles. The molecule has 0 aliphatic carbocycles. The van der Waals surface area contributed by atoms with E-state index in [1.165, 1.54) is 0 Å². The van der Waals surface area contributed by atoms with Gasteiger partial charge in [0.05, 0.1) is 12.6 Å². The van der Waals surface area contributed by atoms with Gasteiger partial charge in [0.15, 0.2) is 0 Å². The first-order valence-electron chi connectivity index (χ1n) is 6.57. The summed E-state index contributed by atoms with van der Waals surface area (Å²) in [6.45, 7) is 0.300. The molecule has 1 atom stereocenters. The first-order chi connectivity index (χ1) is 9.68. The van der Waals surface area contributed by atoms with E-state index in [4.69, 9.17) is 0 Å². The summed E-state index contributed by atoms with van der Waals surface area (Å²) in [6, 6.07) is 14.0. The lowest BCUT2D eigenvalue weighted by atomic mass is 10.00. The van der Waals surface area contributed by atoms with E-state index in [0.717, 1.165) is 11.1 Å². The Labute approximate surface area is 119 Å². The predicted octanol–water partition coefficient (Wildman–Crippen LogP) is 1.85. The van der Waals surface area contributed by atoms with Crippen LogP contribution in [-0.4, -0.2) is 36.4 Å². The Bertz CT molecular complexity index is 501. The maximum Gasteiger partial charge on any atom is 0.236 e. The summed E-state index contributed by atoms with van der Waals surface area (Å²) in [5.41, 5.74) is 2.23. The van der Waals surface area contributed by atoms with Gasteiger partial charge in [-0.05, 0) is 23.3 Å². The van der Waals surface area contributed by atoms with Crippen LogP contribution in [0.15, 0.2) is 54.9 Å². The van der Waals surface area contributed by atoms with Gasteiger partial charge in [0.1, 0.15) is 0 Å². The molecule has 20 heavy (non-hydrogen) atoms. The second-order valence-electron chi connectivity index (χ2n) is 4.79. The highest BCUT2D eigenvalue weighted by atomic mass is 16.2. The minimum absolute atomic E-state index is 0.0110. The fourth-order valence-corrected chi connectivity index (χ4v) is 1.98. The van der Waals surface area contributed by atoms with Gasteiger partial charge in [-0.25, -0.2) is 0 Å². The highest BCUT2D eigenvalue weighted by molar-refractivity contribution is 5.77. The van der Waals surface area contributed by atoms with Crippen molar-refractivity contribution >= 4 is 5.91 Å². The third-order valence-electron chi connectivity index (χ3n) is 3.13. The molecule has 2 rings (SSSR count). The monoisotopic (exact) mass is 269 g/mol. The average Bonchev–Trinajstić information content (AvgIpc) is 2.49. The number of carbonyl (C=O) groups is 1. The van der Waals surface area contributed by atoms with E-state index in [2.05, 4.69) is 22.4 Å². The second-order valence-corrected chi connectivity index (χ2v) is 4.79. The van der Waals surface area contributed by atoms with Crippen LogP contribution >= 0.6 is 0 Å². The first-order valence-corrected chi connectivity index (χ1v) is 6.57. The van der Waals surface area contributed by atoms with E-state index in [1.54, 1.807) is 31.4 Å². The summed E-state index contributed by atoms with van der Waals surface area (Å²) in [7, 11) is 3.52. The molecule has 4 heteroatoms. The Hall–Kier alpha value is -2.20. The number of carbonyl (C=O) groups excluding carboxylic acids is 1. The Morgan fingerprint density at radius 1 is 1.10 bits per heavy atom. The summed E-state index contributed by atoms with van der Waals surface area (Å²) in [5, 5.41) is 3.31. The van der Waals surface area contributed by atoms with Crippen LogP contribution in [0.5, 0.6) is 0 Å². The number of benzene rings is 1. The van der Waals surface area contributed by atoms with E-state index >= 15 is 0 Å². The zero-order valence-electron chi connectivity index (χ0n) is 11.8. The van der Waals surface area contributed by atoms with E-state index < -0.39 is 0 Å². The van der Waals surface area contributed by atoms with E-state index in [0.29, 0.717) is 6.54 Å². The first kappa shape index (κ1) is 14.2. The topological polar surface area (TPSA) is 45.2 Å². The molecule has 104 valence electrons. The zero-order chi connectivity index (χ0) is 14.4. The van der Waals surface area contributed by atoms with Gasteiger partial charge < -0.3 is 4.90 Å². The Kier molecular flexibility index (Phi) is 4.85. The van der Waals surface area contributed by atoms with Crippen LogP contribution in [0.4, 0.5) is 0 Å². The van der Waals surface area contributed by atoms with Crippen molar-refractivity contribution in [2.45, 2.75) is 6.04 Å². The van der Waals surface area contributed by atoms with Crippen molar-refractivity contribution in [1.82, 2.24) is 15.2 Å². The molecule has 1 aromatic carbocycles. The molecule has 0 radical (unpaired) electrons. The number of likely N-dealkylation sites (N-methyl/N-ethyl adjacent to an activating group) is 1. The van der Waals surface area contributed by atoms with Crippen molar-refractivity contribution < 1.29 is 4.79 Å². The van der Waals surface area contributed by atoms with Gasteiger partial charge in [-0.15, -0.1) is 0 Å². The normalized spacial score (nSPS) is 11.9. The number of nitrogens with zero attached hydrogens (tertiary/aromatic N) is 2. The van der Waals surface area contributed by atoms with Crippen molar-refractivity contribution in [1.29, 1.82) is 0 Å². The smallest absolute Gasteiger partial charge is 0.236 e. The van der Waals surface area contributed by atoms with Crippen LogP contribution in [-0.2, 0) is 4.79 Å². The minimum Gasteiger partial charge on any atom is -0.348 e. The molecule has 1 unspecified atom stereocenters. The maximum atomic E-state index is 11.8. The Morgan fingerprint density at radius 2 is 1.70 bits per heavy atom. The number of aromatic nitrogens is 1. The third-order valence-corrected chi connectivity index (χ3v) is 3.13. The maximum absolute atomic E-state index is 11.8. The average molecular weight is 269 g/mol. The molecule has 1 N–H and O–H groups in total. The van der Waals surface area contributed by atoms with Gasteiger partial charge in [-0.2, -0.15) is 0 Å². The molecule has 0 spiro atoms. The predicted molar refractivity (Wildman–Crippen MR) is 79.2 cm³/mol. The van der Waals surface area contributed by atoms with Gasteiger partial charge in [-0.3, -0.25) is 15.1 Å². The SMILES string of the molecule is CN(C)C(=O)CNC(c1ccccc1)c1ccncc1. The molecule has 0 bridgehead atoms. The van der Waals surface area contributed by atoms with E-state index in [-0.39, 0.29) is 11.9 Å². The molecule has 0 aliphatic heterocycles. The van der Waals surface area contributed by atoms with E-state index in [9.17, 15) is 4.79 Å². The Balaban J connectivity index is 2.20. The van der Waals surface area contributed by atoms with Crippen molar-refractivity contribution in [3.8, 4) is 0 Å². The molecular weight excluding hydrogens is 250 g/mol. The Morgan fingerprint density at radius 3 is 2.30 bits per heavy atom. The lowest BCUT2D eigenvalue weighted by Gasteiger charge is -2.20. The van der Waals surface area contributed by atoms with Crippen LogP contribution < -0.4 is 5.32 Å². The summed E-state index contributed by atoms with van der Waals surface area (Å²) in [4.78, 5) is 17.4. The molecular formula is C16H19N3O. The molecule has 1 amide bonds. The molecule has 0 saturated heterocycles. The van der Waals surface area contributed by atoms with Gasteiger partial charge in [0.2, 0.25) is 5.91 Å². The van der Waals surface area contributed by atoms with Crippen molar-refractivity contribution in [2.75, 3.05) is 20.6 Å². The summed E-state index contributed by atoms with van der Waals surface area (Å²) in [5.74, 6) is 0.0555. The summed E-state index contributed by atoms with van der Waals surface area (Å²) >= 11 is 0. The third kappa shape index (κ3) is 3.65. The van der Waals surface area contributed by atoms with Crippen molar-refractivity contribution in [2.24, 2.45) is 0 Å². The number of hydrogen-bond donors (Lipinski definition) is 1. The summed E-state index contributed by atoms with van der Waals surface area (Å²) < 4.78 is 0. The molecule has 0 saturated carbocycles. The number of hydrogen-bond acceptors (Lipinski definition) is 3. The number of amides is 1. The van der Waals surface area contributed by atoms with E-state index in [1.807, 2.05) is 30.3 Å². The lowest BCUT2D eigenvalue weighted by Crippen LogP contribution is -2.35. The van der Waals surface area contributed by atoms with Crippen molar-refractivity contribution in [3.05, 3.63) is 66.0 Å². The minimum atomic E-state index is -0.0110. The highest BCUT2D eigenvalue weighted by Gasteiger charge is 2.15. The fraction of sp³-hybridized carbons (Fsp3) is 0.250. The number of pyridine rings is 1. The molecule has 0 fully saturated rings. The van der Waals surface area contributed by atoms with Gasteiger partial charge in [0.25, 0.3) is 0 Å². The quantitative estimate of drug-likeness (QED) is 0.901. The molecule has 1 heterocycles. The highest BCUT2D eigenvalue weighted by Crippen LogP contribution is 2.20. The summed E-state index contributed by atoms with van der Waals surface area (Å²) in [6.07, 6.45) is 3.53. The van der Waals surface area contributed by atoms with Crippen LogP contribution in [0, 0.1) is 0 Å². The largest absolute Gasteiger partial charge is 0.348 e. The van der Waals surface area contributed by atoms with Crippen LogP contribution in [0.2, 0.25) is 0 Å². The van der Waals surface area contributed by atoms with Crippen LogP contribution in [0.25, 0.3) is 0 Å². The lowest BCUT2D eigenvalue weighted by molar-refractivity contribution is -0.127. The van der Waals surface area contributed by atoms with Gasteiger partial charge in [0, 0.05) is 26.5 Å².